The van der Waals surface area contributed by atoms with E-state index in [1.165, 1.54) is 49.8 Å². The highest BCUT2D eigenvalue weighted by molar-refractivity contribution is 5.23. The molecule has 0 heterocycles. The maximum atomic E-state index is 3.73. The zero-order valence-corrected chi connectivity index (χ0v) is 11.9. The highest BCUT2D eigenvalue weighted by atomic mass is 14.9. The number of hydrogen-bond donors (Lipinski definition) is 1. The minimum atomic E-state index is 0.759. The molecule has 1 N–H and O–H groups in total. The van der Waals surface area contributed by atoms with Crippen LogP contribution in [0.4, 0.5) is 0 Å². The molecular formula is C17H27N. The van der Waals surface area contributed by atoms with Crippen molar-refractivity contribution in [1.82, 2.24) is 5.32 Å². The minimum absolute atomic E-state index is 0.759. The van der Waals surface area contributed by atoms with Gasteiger partial charge < -0.3 is 5.32 Å². The lowest BCUT2D eigenvalue weighted by Gasteiger charge is -2.18. The largest absolute Gasteiger partial charge is 0.314 e. The molecule has 0 spiro atoms. The molecule has 1 aromatic rings. The molecule has 1 aliphatic carbocycles. The molecule has 100 valence electrons. The third-order valence-electron chi connectivity index (χ3n) is 3.99. The molecule has 1 saturated carbocycles. The molecule has 0 radical (unpaired) electrons. The van der Waals surface area contributed by atoms with Gasteiger partial charge in [-0.15, -0.1) is 0 Å². The first-order chi connectivity index (χ1) is 8.83. The smallest absolute Gasteiger partial charge is 0.00984 e. The van der Waals surface area contributed by atoms with Gasteiger partial charge in [-0.1, -0.05) is 38.1 Å². The highest BCUT2D eigenvalue weighted by Crippen LogP contribution is 2.34. The Bertz CT molecular complexity index is 354. The van der Waals surface area contributed by atoms with Crippen LogP contribution in [0.1, 0.15) is 50.7 Å². The second-order valence-corrected chi connectivity index (χ2v) is 5.61. The van der Waals surface area contributed by atoms with Crippen molar-refractivity contribution in [2.24, 2.45) is 5.92 Å². The fraction of sp³-hybridized carbons (Fsp3) is 0.647. The van der Waals surface area contributed by atoms with E-state index in [4.69, 9.17) is 0 Å². The van der Waals surface area contributed by atoms with Gasteiger partial charge in [0.25, 0.3) is 0 Å². The minimum Gasteiger partial charge on any atom is -0.314 e. The Kier molecular flexibility index (Phi) is 5.25. The first kappa shape index (κ1) is 13.6. The van der Waals surface area contributed by atoms with Gasteiger partial charge >= 0.3 is 0 Å². The van der Waals surface area contributed by atoms with Crippen molar-refractivity contribution in [3.05, 3.63) is 35.4 Å². The van der Waals surface area contributed by atoms with Crippen molar-refractivity contribution < 1.29 is 0 Å². The Morgan fingerprint density at radius 1 is 1.22 bits per heavy atom. The Labute approximate surface area is 112 Å². The lowest BCUT2D eigenvalue weighted by atomic mass is 10.00. The Morgan fingerprint density at radius 3 is 2.67 bits per heavy atom. The van der Waals surface area contributed by atoms with Crippen molar-refractivity contribution in [2.45, 2.75) is 58.4 Å². The molecule has 0 amide bonds. The molecule has 1 fully saturated rings. The second-order valence-electron chi connectivity index (χ2n) is 5.61. The van der Waals surface area contributed by atoms with Crippen LogP contribution in [-0.4, -0.2) is 12.6 Å². The molecule has 1 nitrogen and oxygen atoms in total. The summed E-state index contributed by atoms with van der Waals surface area (Å²) in [5.41, 5.74) is 2.98. The topological polar surface area (TPSA) is 12.0 Å². The van der Waals surface area contributed by atoms with Crippen molar-refractivity contribution in [2.75, 3.05) is 6.54 Å². The number of aryl methyl sites for hydroxylation is 2. The average Bonchev–Trinajstić information content (AvgIpc) is 3.23. The van der Waals surface area contributed by atoms with Crippen LogP contribution in [0.3, 0.4) is 0 Å². The van der Waals surface area contributed by atoms with Gasteiger partial charge in [-0.25, -0.2) is 0 Å². The molecular weight excluding hydrogens is 218 g/mol. The molecule has 0 saturated heterocycles. The third kappa shape index (κ3) is 4.13. The molecule has 0 aromatic heterocycles. The SMILES string of the molecule is CCCNC(CCc1cccc(CC)c1)C1CC1. The van der Waals surface area contributed by atoms with Crippen LogP contribution in [0.5, 0.6) is 0 Å². The summed E-state index contributed by atoms with van der Waals surface area (Å²) in [4.78, 5) is 0. The van der Waals surface area contributed by atoms with Crippen LogP contribution in [0.2, 0.25) is 0 Å². The standard InChI is InChI=1S/C17H27N/c1-3-12-18-17(16-9-10-16)11-8-15-7-5-6-14(4-2)13-15/h5-7,13,16-18H,3-4,8-12H2,1-2H3. The fourth-order valence-corrected chi connectivity index (χ4v) is 2.66. The first-order valence-electron chi connectivity index (χ1n) is 7.64. The van der Waals surface area contributed by atoms with Crippen molar-refractivity contribution in [3.8, 4) is 0 Å². The van der Waals surface area contributed by atoms with Gasteiger partial charge in [0, 0.05) is 6.04 Å². The van der Waals surface area contributed by atoms with E-state index in [-0.39, 0.29) is 0 Å². The summed E-state index contributed by atoms with van der Waals surface area (Å²) in [5, 5.41) is 3.73. The lowest BCUT2D eigenvalue weighted by molar-refractivity contribution is 0.436. The Morgan fingerprint density at radius 2 is 2.00 bits per heavy atom. The monoisotopic (exact) mass is 245 g/mol. The molecule has 1 heteroatoms. The summed E-state index contributed by atoms with van der Waals surface area (Å²) in [7, 11) is 0. The third-order valence-corrected chi connectivity index (χ3v) is 3.99. The summed E-state index contributed by atoms with van der Waals surface area (Å²) in [6.07, 6.45) is 7.80. The van der Waals surface area contributed by atoms with E-state index in [2.05, 4.69) is 43.4 Å². The molecule has 0 bridgehead atoms. The zero-order valence-electron chi connectivity index (χ0n) is 11.9. The van der Waals surface area contributed by atoms with E-state index in [0.717, 1.165) is 18.4 Å². The second kappa shape index (κ2) is 6.94. The van der Waals surface area contributed by atoms with Crippen LogP contribution in [0.25, 0.3) is 0 Å². The Hall–Kier alpha value is -0.820. The summed E-state index contributed by atoms with van der Waals surface area (Å²) in [6.45, 7) is 5.66. The lowest BCUT2D eigenvalue weighted by Crippen LogP contribution is -2.32. The zero-order chi connectivity index (χ0) is 12.8. The van der Waals surface area contributed by atoms with Gasteiger partial charge in [0.1, 0.15) is 0 Å². The summed E-state index contributed by atoms with van der Waals surface area (Å²) in [5.74, 6) is 0.964. The quantitative estimate of drug-likeness (QED) is 0.731. The molecule has 1 atom stereocenters. The molecule has 0 aliphatic heterocycles. The summed E-state index contributed by atoms with van der Waals surface area (Å²) >= 11 is 0. The maximum Gasteiger partial charge on any atom is 0.00984 e. The van der Waals surface area contributed by atoms with Gasteiger partial charge in [0.15, 0.2) is 0 Å². The first-order valence-corrected chi connectivity index (χ1v) is 7.64. The van der Waals surface area contributed by atoms with Crippen LogP contribution in [0.15, 0.2) is 24.3 Å². The van der Waals surface area contributed by atoms with E-state index in [1.54, 1.807) is 0 Å². The molecule has 1 unspecified atom stereocenters. The predicted octanol–water partition coefficient (Wildman–Crippen LogP) is 3.96. The normalized spacial score (nSPS) is 16.8. The predicted molar refractivity (Wildman–Crippen MR) is 78.9 cm³/mol. The van der Waals surface area contributed by atoms with Crippen molar-refractivity contribution >= 4 is 0 Å². The molecule has 1 aliphatic rings. The van der Waals surface area contributed by atoms with E-state index < -0.39 is 0 Å². The van der Waals surface area contributed by atoms with Crippen LogP contribution < -0.4 is 5.32 Å². The van der Waals surface area contributed by atoms with Gasteiger partial charge in [0.2, 0.25) is 0 Å². The maximum absolute atomic E-state index is 3.73. The van der Waals surface area contributed by atoms with Gasteiger partial charge in [-0.3, -0.25) is 0 Å². The Balaban J connectivity index is 1.83. The highest BCUT2D eigenvalue weighted by Gasteiger charge is 2.30. The van der Waals surface area contributed by atoms with Crippen LogP contribution >= 0.6 is 0 Å². The average molecular weight is 245 g/mol. The summed E-state index contributed by atoms with van der Waals surface area (Å²) in [6, 6.07) is 9.86. The van der Waals surface area contributed by atoms with Crippen molar-refractivity contribution in [1.29, 1.82) is 0 Å². The number of nitrogens with one attached hydrogen (secondary N) is 1. The molecule has 2 rings (SSSR count). The molecule has 18 heavy (non-hydrogen) atoms. The van der Waals surface area contributed by atoms with Crippen LogP contribution in [0, 0.1) is 5.92 Å². The molecule has 1 aromatic carbocycles. The number of rotatable bonds is 8. The van der Waals surface area contributed by atoms with Gasteiger partial charge in [-0.05, 0) is 62.1 Å². The van der Waals surface area contributed by atoms with E-state index in [0.29, 0.717) is 0 Å². The van der Waals surface area contributed by atoms with Crippen molar-refractivity contribution in [3.63, 3.8) is 0 Å². The number of benzene rings is 1. The summed E-state index contributed by atoms with van der Waals surface area (Å²) < 4.78 is 0. The van der Waals surface area contributed by atoms with Crippen LogP contribution in [-0.2, 0) is 12.8 Å². The van der Waals surface area contributed by atoms with E-state index in [1.807, 2.05) is 0 Å². The van der Waals surface area contributed by atoms with E-state index >= 15 is 0 Å². The fourth-order valence-electron chi connectivity index (χ4n) is 2.66. The van der Waals surface area contributed by atoms with Gasteiger partial charge in [0.05, 0.1) is 0 Å². The number of hydrogen-bond acceptors (Lipinski definition) is 1. The van der Waals surface area contributed by atoms with Gasteiger partial charge in [-0.2, -0.15) is 0 Å². The van der Waals surface area contributed by atoms with E-state index in [9.17, 15) is 0 Å².